The molecule has 1 rings (SSSR count). The number of halogens is 3. The normalized spacial score (nSPS) is 10.6. The molecule has 0 saturated carbocycles. The molecule has 76 valence electrons. The number of alkyl halides is 3. The highest BCUT2D eigenvalue weighted by atomic mass is 35.5. The van der Waals surface area contributed by atoms with Gasteiger partial charge in [-0.15, -0.1) is 11.6 Å². The first-order chi connectivity index (χ1) is 6.61. The molecule has 0 aliphatic carbocycles. The molecule has 0 bridgehead atoms. The van der Waals surface area contributed by atoms with Gasteiger partial charge < -0.3 is 0 Å². The molecule has 0 aromatic carbocycles. The summed E-state index contributed by atoms with van der Waals surface area (Å²) in [7, 11) is 0. The Morgan fingerprint density at radius 1 is 1.64 bits per heavy atom. The van der Waals surface area contributed by atoms with E-state index in [2.05, 4.69) is 4.98 Å². The largest absolute Gasteiger partial charge is 0.298 e. The molecule has 0 fully saturated rings. The number of rotatable bonds is 3. The number of aromatic nitrogens is 1. The van der Waals surface area contributed by atoms with Crippen molar-refractivity contribution >= 4 is 17.9 Å². The fraction of sp³-hybridized carbons (Fsp3) is 0.333. The maximum Gasteiger partial charge on any atom is 0.264 e. The molecule has 14 heavy (non-hydrogen) atoms. The van der Waals surface area contributed by atoms with Gasteiger partial charge in [-0.1, -0.05) is 0 Å². The Kier molecular flexibility index (Phi) is 3.52. The van der Waals surface area contributed by atoms with Gasteiger partial charge in [0.05, 0.1) is 11.6 Å². The van der Waals surface area contributed by atoms with Gasteiger partial charge in [0.2, 0.25) is 0 Å². The summed E-state index contributed by atoms with van der Waals surface area (Å²) in [5, 5.41) is 0. The van der Waals surface area contributed by atoms with Crippen LogP contribution in [0, 0.1) is 6.92 Å². The third-order valence-corrected chi connectivity index (χ3v) is 2.23. The van der Waals surface area contributed by atoms with Gasteiger partial charge >= 0.3 is 0 Å². The van der Waals surface area contributed by atoms with Crippen molar-refractivity contribution in [2.24, 2.45) is 0 Å². The van der Waals surface area contributed by atoms with Gasteiger partial charge in [0.1, 0.15) is 0 Å². The minimum atomic E-state index is -2.68. The van der Waals surface area contributed by atoms with E-state index in [-0.39, 0.29) is 17.0 Å². The van der Waals surface area contributed by atoms with E-state index in [1.54, 1.807) is 0 Å². The number of pyridine rings is 1. The highest BCUT2D eigenvalue weighted by Crippen LogP contribution is 2.27. The SMILES string of the molecule is Cc1c(CCl)ncc(C=O)c1C(F)F. The molecule has 0 spiro atoms. The molecule has 0 N–H and O–H groups in total. The van der Waals surface area contributed by atoms with Crippen LogP contribution in [0.2, 0.25) is 0 Å². The molecule has 2 nitrogen and oxygen atoms in total. The molecule has 0 radical (unpaired) electrons. The molecule has 5 heteroatoms. The number of carbonyl (C=O) groups excluding carboxylic acids is 1. The minimum absolute atomic E-state index is 0.0602. The van der Waals surface area contributed by atoms with Crippen LogP contribution < -0.4 is 0 Å². The molecule has 0 aliphatic heterocycles. The first-order valence-corrected chi connectivity index (χ1v) is 4.43. The second-order valence-electron chi connectivity index (χ2n) is 2.75. The van der Waals surface area contributed by atoms with Gasteiger partial charge in [0.25, 0.3) is 6.43 Å². The van der Waals surface area contributed by atoms with Crippen LogP contribution in [0.5, 0.6) is 0 Å². The van der Waals surface area contributed by atoms with Crippen LogP contribution in [0.3, 0.4) is 0 Å². The second kappa shape index (κ2) is 4.46. The first-order valence-electron chi connectivity index (χ1n) is 3.89. The summed E-state index contributed by atoms with van der Waals surface area (Å²) in [5.74, 6) is 0.0602. The zero-order chi connectivity index (χ0) is 10.7. The topological polar surface area (TPSA) is 30.0 Å². The quantitative estimate of drug-likeness (QED) is 0.578. The lowest BCUT2D eigenvalue weighted by Crippen LogP contribution is -2.03. The lowest BCUT2D eigenvalue weighted by molar-refractivity contribution is 0.110. The van der Waals surface area contributed by atoms with E-state index >= 15 is 0 Å². The summed E-state index contributed by atoms with van der Waals surface area (Å²) in [6.45, 7) is 1.49. The average Bonchev–Trinajstić information content (AvgIpc) is 2.16. The van der Waals surface area contributed by atoms with Crippen LogP contribution in [-0.2, 0) is 5.88 Å². The van der Waals surface area contributed by atoms with Crippen molar-refractivity contribution in [3.05, 3.63) is 28.6 Å². The van der Waals surface area contributed by atoms with Crippen molar-refractivity contribution in [3.8, 4) is 0 Å². The van der Waals surface area contributed by atoms with Crippen LogP contribution >= 0.6 is 11.6 Å². The number of hydrogen-bond donors (Lipinski definition) is 0. The fourth-order valence-electron chi connectivity index (χ4n) is 1.20. The van der Waals surface area contributed by atoms with Crippen molar-refractivity contribution in [1.29, 1.82) is 0 Å². The van der Waals surface area contributed by atoms with Gasteiger partial charge in [-0.25, -0.2) is 8.78 Å². The summed E-state index contributed by atoms with van der Waals surface area (Å²) < 4.78 is 25.1. The number of hydrogen-bond acceptors (Lipinski definition) is 2. The van der Waals surface area contributed by atoms with Crippen LogP contribution in [0.1, 0.15) is 33.6 Å². The van der Waals surface area contributed by atoms with E-state index in [1.807, 2.05) is 0 Å². The zero-order valence-electron chi connectivity index (χ0n) is 7.43. The standard InChI is InChI=1S/C9H8ClF2NO/c1-5-7(2-10)13-3-6(4-14)8(5)9(11)12/h3-4,9H,2H2,1H3. The molecular formula is C9H8ClF2NO. The molecule has 1 aromatic heterocycles. The number of nitrogens with zero attached hydrogens (tertiary/aromatic N) is 1. The van der Waals surface area contributed by atoms with Crippen molar-refractivity contribution < 1.29 is 13.6 Å². The van der Waals surface area contributed by atoms with Crippen molar-refractivity contribution in [3.63, 3.8) is 0 Å². The predicted molar refractivity (Wildman–Crippen MR) is 48.9 cm³/mol. The monoisotopic (exact) mass is 219 g/mol. The van der Waals surface area contributed by atoms with E-state index < -0.39 is 6.43 Å². The van der Waals surface area contributed by atoms with E-state index in [0.717, 1.165) is 6.20 Å². The lowest BCUT2D eigenvalue weighted by atomic mass is 10.0. The van der Waals surface area contributed by atoms with E-state index in [0.29, 0.717) is 17.5 Å². The highest BCUT2D eigenvalue weighted by Gasteiger charge is 2.18. The molecule has 0 aliphatic rings. The van der Waals surface area contributed by atoms with Gasteiger partial charge in [0, 0.05) is 17.3 Å². The maximum atomic E-state index is 12.6. The van der Waals surface area contributed by atoms with E-state index in [4.69, 9.17) is 11.6 Å². The Hall–Kier alpha value is -1.03. The first kappa shape index (κ1) is 11.0. The fourth-order valence-corrected chi connectivity index (χ4v) is 1.47. The highest BCUT2D eigenvalue weighted by molar-refractivity contribution is 6.17. The van der Waals surface area contributed by atoms with Crippen molar-refractivity contribution in [2.45, 2.75) is 19.2 Å². The summed E-state index contributed by atoms with van der Waals surface area (Å²) in [6, 6.07) is 0. The molecule has 0 saturated heterocycles. The number of carbonyl (C=O) groups is 1. The van der Waals surface area contributed by atoms with Gasteiger partial charge in [0.15, 0.2) is 6.29 Å². The Morgan fingerprint density at radius 3 is 2.71 bits per heavy atom. The van der Waals surface area contributed by atoms with Crippen LogP contribution in [0.15, 0.2) is 6.20 Å². The van der Waals surface area contributed by atoms with Gasteiger partial charge in [-0.2, -0.15) is 0 Å². The van der Waals surface area contributed by atoms with Crippen LogP contribution in [0.4, 0.5) is 8.78 Å². The van der Waals surface area contributed by atoms with E-state index in [9.17, 15) is 13.6 Å². The molecular weight excluding hydrogens is 212 g/mol. The summed E-state index contributed by atoms with van der Waals surface area (Å²) in [4.78, 5) is 14.3. The average molecular weight is 220 g/mol. The molecule has 0 amide bonds. The Morgan fingerprint density at radius 2 is 2.29 bits per heavy atom. The van der Waals surface area contributed by atoms with Gasteiger partial charge in [-0.3, -0.25) is 9.78 Å². The predicted octanol–water partition coefficient (Wildman–Crippen LogP) is 2.88. The van der Waals surface area contributed by atoms with Crippen LogP contribution in [0.25, 0.3) is 0 Å². The molecule has 1 heterocycles. The third kappa shape index (κ3) is 1.90. The Labute approximate surface area is 84.9 Å². The summed E-state index contributed by atoms with van der Waals surface area (Å²) in [5.41, 5.74) is 0.323. The lowest BCUT2D eigenvalue weighted by Gasteiger charge is -2.10. The van der Waals surface area contributed by atoms with Crippen molar-refractivity contribution in [2.75, 3.05) is 0 Å². The van der Waals surface area contributed by atoms with E-state index in [1.165, 1.54) is 6.92 Å². The van der Waals surface area contributed by atoms with Crippen molar-refractivity contribution in [1.82, 2.24) is 4.98 Å². The smallest absolute Gasteiger partial charge is 0.264 e. The Bertz CT molecular complexity index is 355. The van der Waals surface area contributed by atoms with Crippen LogP contribution in [-0.4, -0.2) is 11.3 Å². The third-order valence-electron chi connectivity index (χ3n) is 1.98. The van der Waals surface area contributed by atoms with Gasteiger partial charge in [-0.05, 0) is 12.5 Å². The molecule has 1 aromatic rings. The molecule has 0 unspecified atom stereocenters. The molecule has 0 atom stereocenters. The summed E-state index contributed by atoms with van der Waals surface area (Å²) >= 11 is 5.51. The minimum Gasteiger partial charge on any atom is -0.298 e. The zero-order valence-corrected chi connectivity index (χ0v) is 8.18. The Balaban J connectivity index is 3.38. The summed E-state index contributed by atoms with van der Waals surface area (Å²) in [6.07, 6.45) is -1.18. The second-order valence-corrected chi connectivity index (χ2v) is 3.02. The number of aldehydes is 1. The maximum absolute atomic E-state index is 12.6.